The number of nitrogens with one attached hydrogen (secondary N) is 1. The first-order valence-corrected chi connectivity index (χ1v) is 10.6. The number of nitrogens with zero attached hydrogens (tertiary/aromatic N) is 1. The molecule has 0 aliphatic carbocycles. The average Bonchev–Trinajstić information content (AvgIpc) is 3.09. The summed E-state index contributed by atoms with van der Waals surface area (Å²) in [6.07, 6.45) is 4.01. The highest BCUT2D eigenvalue weighted by molar-refractivity contribution is 9.11. The summed E-state index contributed by atoms with van der Waals surface area (Å²) >= 11 is 3.12. The number of rotatable bonds is 10. The second-order valence-corrected chi connectivity index (χ2v) is 7.05. The van der Waals surface area contributed by atoms with E-state index in [2.05, 4.69) is 27.8 Å². The molecule has 1 unspecified atom stereocenters. The molecule has 0 amide bonds. The van der Waals surface area contributed by atoms with Gasteiger partial charge in [-0.05, 0) is 24.4 Å². The zero-order valence-corrected chi connectivity index (χ0v) is 18.2. The van der Waals surface area contributed by atoms with Crippen LogP contribution in [0.5, 0.6) is 0 Å². The fourth-order valence-electron chi connectivity index (χ4n) is 2.99. The Morgan fingerprint density at radius 1 is 1.34 bits per heavy atom. The van der Waals surface area contributed by atoms with Crippen molar-refractivity contribution in [1.82, 2.24) is 9.55 Å². The van der Waals surface area contributed by atoms with E-state index in [-0.39, 0.29) is 19.3 Å². The summed E-state index contributed by atoms with van der Waals surface area (Å²) in [5.74, 6) is 0. The largest absolute Gasteiger partial charge is 0.508 e. The fraction of sp³-hybridized carbons (Fsp3) is 0.632. The van der Waals surface area contributed by atoms with Gasteiger partial charge in [0.2, 0.25) is 0 Å². The van der Waals surface area contributed by atoms with Crippen LogP contribution >= 0.6 is 15.9 Å². The molecule has 1 N–H and O–H groups in total. The van der Waals surface area contributed by atoms with E-state index in [4.69, 9.17) is 18.9 Å². The van der Waals surface area contributed by atoms with Crippen LogP contribution in [0, 0.1) is 0 Å². The molecule has 10 heteroatoms. The van der Waals surface area contributed by atoms with Gasteiger partial charge in [-0.3, -0.25) is 14.3 Å². The van der Waals surface area contributed by atoms with E-state index in [1.807, 2.05) is 0 Å². The Balaban J connectivity index is 2.15. The molecule has 1 aromatic heterocycles. The molecule has 0 bridgehead atoms. The molecular weight excluding hydrogens is 448 g/mol. The monoisotopic (exact) mass is 474 g/mol. The Morgan fingerprint density at radius 3 is 2.83 bits per heavy atom. The Morgan fingerprint density at radius 2 is 2.14 bits per heavy atom. The summed E-state index contributed by atoms with van der Waals surface area (Å²) in [6.45, 7) is 4.49. The van der Waals surface area contributed by atoms with E-state index in [9.17, 15) is 14.4 Å². The summed E-state index contributed by atoms with van der Waals surface area (Å²) < 4.78 is 23.1. The average molecular weight is 475 g/mol. The lowest BCUT2D eigenvalue weighted by Crippen LogP contribution is -2.33. The predicted molar refractivity (Wildman–Crippen MR) is 110 cm³/mol. The molecular formula is C19H27BrN2O7. The summed E-state index contributed by atoms with van der Waals surface area (Å²) in [4.78, 5) is 39.5. The smallest absolute Gasteiger partial charge is 0.435 e. The molecule has 2 rings (SSSR count). The van der Waals surface area contributed by atoms with Crippen molar-refractivity contribution in [3.8, 4) is 0 Å². The number of H-pyrrole nitrogens is 1. The minimum absolute atomic E-state index is 0.0555. The van der Waals surface area contributed by atoms with Gasteiger partial charge in [0.1, 0.15) is 18.9 Å². The van der Waals surface area contributed by atoms with E-state index in [1.54, 1.807) is 6.92 Å². The van der Waals surface area contributed by atoms with Crippen LogP contribution in [-0.4, -0.2) is 47.7 Å². The molecule has 1 fully saturated rings. The SMILES string of the molecule is CCCCCOC1C[C@@H](n2cc(C=CBr)c(=O)[nH]c2=O)O[C@H]1COC(=O)OCC. The van der Waals surface area contributed by atoms with Gasteiger partial charge in [-0.2, -0.15) is 0 Å². The van der Waals surface area contributed by atoms with E-state index >= 15 is 0 Å². The summed E-state index contributed by atoms with van der Waals surface area (Å²) in [6, 6.07) is 0. The summed E-state index contributed by atoms with van der Waals surface area (Å²) in [5, 5.41) is 0. The third-order valence-electron chi connectivity index (χ3n) is 4.44. The quantitative estimate of drug-likeness (QED) is 0.410. The van der Waals surface area contributed by atoms with Crippen molar-refractivity contribution in [2.24, 2.45) is 0 Å². The van der Waals surface area contributed by atoms with Gasteiger partial charge in [0.05, 0.1) is 18.3 Å². The van der Waals surface area contributed by atoms with Crippen LogP contribution in [0.25, 0.3) is 6.08 Å². The number of hydrogen-bond donors (Lipinski definition) is 1. The van der Waals surface area contributed by atoms with Crippen molar-refractivity contribution < 1.29 is 23.7 Å². The zero-order valence-electron chi connectivity index (χ0n) is 16.6. The highest BCUT2D eigenvalue weighted by Crippen LogP contribution is 2.30. The number of hydrogen-bond acceptors (Lipinski definition) is 7. The predicted octanol–water partition coefficient (Wildman–Crippen LogP) is 2.94. The fourth-order valence-corrected chi connectivity index (χ4v) is 3.28. The Hall–Kier alpha value is -1.91. The van der Waals surface area contributed by atoms with Gasteiger partial charge >= 0.3 is 11.8 Å². The first kappa shape index (κ1) is 23.4. The van der Waals surface area contributed by atoms with Gasteiger partial charge in [-0.25, -0.2) is 9.59 Å². The number of halogens is 1. The molecule has 0 spiro atoms. The number of aromatic amines is 1. The molecule has 1 saturated heterocycles. The maximum absolute atomic E-state index is 12.3. The maximum atomic E-state index is 12.3. The molecule has 9 nitrogen and oxygen atoms in total. The van der Waals surface area contributed by atoms with Crippen molar-refractivity contribution in [3.63, 3.8) is 0 Å². The van der Waals surface area contributed by atoms with Gasteiger partial charge < -0.3 is 18.9 Å². The second kappa shape index (κ2) is 11.9. The molecule has 0 saturated carbocycles. The summed E-state index contributed by atoms with van der Waals surface area (Å²) in [7, 11) is 0. The van der Waals surface area contributed by atoms with Crippen molar-refractivity contribution in [2.45, 2.75) is 58.0 Å². The Bertz CT molecular complexity index is 804. The lowest BCUT2D eigenvalue weighted by molar-refractivity contribution is -0.0723. The highest BCUT2D eigenvalue weighted by Gasteiger charge is 2.38. The number of carbonyl (C=O) groups is 1. The molecule has 1 aliphatic heterocycles. The minimum atomic E-state index is -0.782. The van der Waals surface area contributed by atoms with Crippen LogP contribution in [0.15, 0.2) is 20.8 Å². The summed E-state index contributed by atoms with van der Waals surface area (Å²) in [5.41, 5.74) is -0.769. The van der Waals surface area contributed by atoms with Gasteiger partial charge in [0, 0.05) is 19.2 Å². The van der Waals surface area contributed by atoms with Crippen molar-refractivity contribution in [2.75, 3.05) is 19.8 Å². The standard InChI is InChI=1S/C19H27BrN2O7/c1-3-5-6-9-27-14-10-16(29-15(14)12-28-19(25)26-4-2)22-11-13(7-8-20)17(23)21-18(22)24/h7-8,11,14-16H,3-6,9-10,12H2,1-2H3,(H,21,23,24)/t14?,15-,16-/m0/s1. The second-order valence-electron chi connectivity index (χ2n) is 6.52. The normalized spacial score (nSPS) is 21.6. The van der Waals surface area contributed by atoms with E-state index in [1.165, 1.54) is 21.8 Å². The van der Waals surface area contributed by atoms with Gasteiger partial charge in [-0.15, -0.1) is 0 Å². The van der Waals surface area contributed by atoms with Crippen LogP contribution in [-0.2, 0) is 18.9 Å². The van der Waals surface area contributed by atoms with Crippen molar-refractivity contribution in [1.29, 1.82) is 0 Å². The van der Waals surface area contributed by atoms with Gasteiger partial charge in [-0.1, -0.05) is 35.7 Å². The first-order valence-electron chi connectivity index (χ1n) is 9.68. The number of unbranched alkanes of at least 4 members (excludes halogenated alkanes) is 2. The molecule has 2 heterocycles. The topological polar surface area (TPSA) is 109 Å². The van der Waals surface area contributed by atoms with E-state index in [0.29, 0.717) is 18.6 Å². The van der Waals surface area contributed by atoms with Crippen molar-refractivity contribution in [3.05, 3.63) is 37.6 Å². The first-order chi connectivity index (χ1) is 14.0. The van der Waals surface area contributed by atoms with Gasteiger partial charge in [0.25, 0.3) is 5.56 Å². The third kappa shape index (κ3) is 6.83. The molecule has 1 aromatic rings. The maximum Gasteiger partial charge on any atom is 0.508 e. The molecule has 162 valence electrons. The molecule has 0 aromatic carbocycles. The zero-order chi connectivity index (χ0) is 21.2. The number of carbonyl (C=O) groups excluding carboxylic acids is 1. The van der Waals surface area contributed by atoms with E-state index < -0.39 is 29.7 Å². The minimum Gasteiger partial charge on any atom is -0.435 e. The lowest BCUT2D eigenvalue weighted by atomic mass is 10.2. The number of ether oxygens (including phenoxy) is 4. The molecule has 0 radical (unpaired) electrons. The lowest BCUT2D eigenvalue weighted by Gasteiger charge is -2.18. The third-order valence-corrected chi connectivity index (χ3v) is 4.70. The van der Waals surface area contributed by atoms with E-state index in [0.717, 1.165) is 19.3 Å². The van der Waals surface area contributed by atoms with Crippen molar-refractivity contribution >= 4 is 28.2 Å². The molecule has 29 heavy (non-hydrogen) atoms. The Labute approximate surface area is 177 Å². The highest BCUT2D eigenvalue weighted by atomic mass is 79.9. The van der Waals surface area contributed by atoms with Crippen LogP contribution in [0.1, 0.15) is 51.3 Å². The molecule has 1 aliphatic rings. The van der Waals surface area contributed by atoms with Crippen LogP contribution < -0.4 is 11.2 Å². The van der Waals surface area contributed by atoms with Gasteiger partial charge in [0.15, 0.2) is 0 Å². The Kier molecular flexibility index (Phi) is 9.62. The van der Waals surface area contributed by atoms with Crippen LogP contribution in [0.3, 0.4) is 0 Å². The van der Waals surface area contributed by atoms with Crippen LogP contribution in [0.4, 0.5) is 4.79 Å². The van der Waals surface area contributed by atoms with Crippen LogP contribution in [0.2, 0.25) is 0 Å². The number of aromatic nitrogens is 2. The molecule has 3 atom stereocenters.